The maximum Gasteiger partial charge on any atom is 0.219 e. The third-order valence-corrected chi connectivity index (χ3v) is 2.71. The van der Waals surface area contributed by atoms with E-state index in [4.69, 9.17) is 10.5 Å². The van der Waals surface area contributed by atoms with Crippen molar-refractivity contribution in [1.82, 2.24) is 4.98 Å². The van der Waals surface area contributed by atoms with Crippen LogP contribution in [0.4, 0.5) is 4.39 Å². The SMILES string of the molecule is Cc1cc(Oc2ccc(CC(C)N)cn2)ccc1F. The Balaban J connectivity index is 2.08. The molecule has 1 aromatic carbocycles. The highest BCUT2D eigenvalue weighted by atomic mass is 19.1. The molecule has 0 bridgehead atoms. The Morgan fingerprint density at radius 3 is 2.68 bits per heavy atom. The van der Waals surface area contributed by atoms with E-state index < -0.39 is 0 Å². The summed E-state index contributed by atoms with van der Waals surface area (Å²) >= 11 is 0. The summed E-state index contributed by atoms with van der Waals surface area (Å²) in [7, 11) is 0. The summed E-state index contributed by atoms with van der Waals surface area (Å²) in [5, 5.41) is 0. The van der Waals surface area contributed by atoms with Crippen molar-refractivity contribution < 1.29 is 9.13 Å². The number of aryl methyl sites for hydroxylation is 1. The summed E-state index contributed by atoms with van der Waals surface area (Å²) in [6.07, 6.45) is 2.53. The van der Waals surface area contributed by atoms with Crippen molar-refractivity contribution in [2.45, 2.75) is 26.3 Å². The van der Waals surface area contributed by atoms with Gasteiger partial charge in [0.05, 0.1) is 0 Å². The van der Waals surface area contributed by atoms with Gasteiger partial charge in [-0.15, -0.1) is 0 Å². The lowest BCUT2D eigenvalue weighted by molar-refractivity contribution is 0.460. The second-order valence-corrected chi connectivity index (χ2v) is 4.70. The second-order valence-electron chi connectivity index (χ2n) is 4.70. The Kier molecular flexibility index (Phi) is 4.12. The van der Waals surface area contributed by atoms with E-state index in [0.29, 0.717) is 17.2 Å². The van der Waals surface area contributed by atoms with E-state index in [1.807, 2.05) is 13.0 Å². The number of halogens is 1. The van der Waals surface area contributed by atoms with Crippen LogP contribution in [0.2, 0.25) is 0 Å². The predicted octanol–water partition coefficient (Wildman–Crippen LogP) is 3.21. The van der Waals surface area contributed by atoms with Crippen molar-refractivity contribution in [2.24, 2.45) is 5.73 Å². The molecule has 19 heavy (non-hydrogen) atoms. The van der Waals surface area contributed by atoms with Crippen molar-refractivity contribution >= 4 is 0 Å². The van der Waals surface area contributed by atoms with Crippen molar-refractivity contribution in [3.8, 4) is 11.6 Å². The van der Waals surface area contributed by atoms with Crippen LogP contribution in [0.5, 0.6) is 11.6 Å². The quantitative estimate of drug-likeness (QED) is 0.918. The van der Waals surface area contributed by atoms with E-state index in [1.165, 1.54) is 6.07 Å². The molecule has 0 amide bonds. The fourth-order valence-corrected chi connectivity index (χ4v) is 1.77. The van der Waals surface area contributed by atoms with Crippen LogP contribution in [-0.4, -0.2) is 11.0 Å². The number of nitrogens with zero attached hydrogens (tertiary/aromatic N) is 1. The van der Waals surface area contributed by atoms with Gasteiger partial charge in [0, 0.05) is 18.3 Å². The first-order valence-corrected chi connectivity index (χ1v) is 6.19. The molecule has 2 rings (SSSR count). The van der Waals surface area contributed by atoms with E-state index >= 15 is 0 Å². The molecule has 0 aliphatic carbocycles. The lowest BCUT2D eigenvalue weighted by atomic mass is 10.1. The average molecular weight is 260 g/mol. The van der Waals surface area contributed by atoms with E-state index in [-0.39, 0.29) is 11.9 Å². The van der Waals surface area contributed by atoms with Gasteiger partial charge in [0.25, 0.3) is 0 Å². The number of nitrogens with two attached hydrogens (primary N) is 1. The highest BCUT2D eigenvalue weighted by Crippen LogP contribution is 2.22. The molecule has 1 atom stereocenters. The summed E-state index contributed by atoms with van der Waals surface area (Å²) < 4.78 is 18.7. The number of ether oxygens (including phenoxy) is 1. The van der Waals surface area contributed by atoms with Crippen LogP contribution < -0.4 is 10.5 Å². The van der Waals surface area contributed by atoms with Crippen molar-refractivity contribution in [3.63, 3.8) is 0 Å². The largest absolute Gasteiger partial charge is 0.439 e. The molecule has 0 aliphatic rings. The third kappa shape index (κ3) is 3.76. The van der Waals surface area contributed by atoms with Crippen LogP contribution in [0.1, 0.15) is 18.1 Å². The van der Waals surface area contributed by atoms with Gasteiger partial charge in [-0.1, -0.05) is 6.07 Å². The molecule has 100 valence electrons. The second kappa shape index (κ2) is 5.80. The molecule has 0 spiro atoms. The predicted molar refractivity (Wildman–Crippen MR) is 72.8 cm³/mol. The molecule has 3 nitrogen and oxygen atoms in total. The third-order valence-electron chi connectivity index (χ3n) is 2.71. The zero-order chi connectivity index (χ0) is 13.8. The zero-order valence-corrected chi connectivity index (χ0v) is 11.1. The fraction of sp³-hybridized carbons (Fsp3) is 0.267. The van der Waals surface area contributed by atoms with E-state index in [1.54, 1.807) is 31.3 Å². The molecule has 1 heterocycles. The molecule has 0 saturated heterocycles. The highest BCUT2D eigenvalue weighted by molar-refractivity contribution is 5.32. The maximum absolute atomic E-state index is 13.1. The van der Waals surface area contributed by atoms with Crippen LogP contribution in [0, 0.1) is 12.7 Å². The molecular weight excluding hydrogens is 243 g/mol. The number of hydrogen-bond donors (Lipinski definition) is 1. The first-order chi connectivity index (χ1) is 9.04. The Hall–Kier alpha value is -1.94. The van der Waals surface area contributed by atoms with Gasteiger partial charge in [-0.2, -0.15) is 0 Å². The van der Waals surface area contributed by atoms with E-state index in [0.717, 1.165) is 12.0 Å². The first-order valence-electron chi connectivity index (χ1n) is 6.19. The van der Waals surface area contributed by atoms with Gasteiger partial charge in [0.15, 0.2) is 0 Å². The smallest absolute Gasteiger partial charge is 0.219 e. The maximum atomic E-state index is 13.1. The Labute approximate surface area is 112 Å². The minimum atomic E-state index is -0.243. The summed E-state index contributed by atoms with van der Waals surface area (Å²) in [5.41, 5.74) is 7.34. The van der Waals surface area contributed by atoms with Crippen molar-refractivity contribution in [1.29, 1.82) is 0 Å². The number of pyridine rings is 1. The van der Waals surface area contributed by atoms with Crippen LogP contribution in [0.15, 0.2) is 36.5 Å². The number of rotatable bonds is 4. The Morgan fingerprint density at radius 2 is 2.11 bits per heavy atom. The number of hydrogen-bond acceptors (Lipinski definition) is 3. The van der Waals surface area contributed by atoms with Gasteiger partial charge >= 0.3 is 0 Å². The molecule has 0 aliphatic heterocycles. The number of benzene rings is 1. The topological polar surface area (TPSA) is 48.1 Å². The zero-order valence-electron chi connectivity index (χ0n) is 11.1. The molecule has 4 heteroatoms. The standard InChI is InChI=1S/C15H17FN2O/c1-10-7-13(4-5-14(10)16)19-15-6-3-12(9-18-15)8-11(2)17/h3-7,9,11H,8,17H2,1-2H3. The monoisotopic (exact) mass is 260 g/mol. The minimum Gasteiger partial charge on any atom is -0.439 e. The highest BCUT2D eigenvalue weighted by Gasteiger charge is 2.03. The lowest BCUT2D eigenvalue weighted by Crippen LogP contribution is -2.17. The summed E-state index contributed by atoms with van der Waals surface area (Å²) in [6, 6.07) is 8.44. The molecule has 0 fully saturated rings. The average Bonchev–Trinajstić information content (AvgIpc) is 2.36. The Bertz CT molecular complexity index is 553. The van der Waals surface area contributed by atoms with Gasteiger partial charge in [-0.05, 0) is 49.6 Å². The van der Waals surface area contributed by atoms with Crippen LogP contribution in [-0.2, 0) is 6.42 Å². The molecule has 2 N–H and O–H groups in total. The summed E-state index contributed by atoms with van der Waals surface area (Å²) in [4.78, 5) is 4.21. The normalized spacial score (nSPS) is 12.2. The van der Waals surface area contributed by atoms with E-state index in [2.05, 4.69) is 4.98 Å². The van der Waals surface area contributed by atoms with E-state index in [9.17, 15) is 4.39 Å². The molecule has 0 saturated carbocycles. The van der Waals surface area contributed by atoms with Gasteiger partial charge in [0.1, 0.15) is 11.6 Å². The van der Waals surface area contributed by atoms with Gasteiger partial charge in [0.2, 0.25) is 5.88 Å². The minimum absolute atomic E-state index is 0.105. The summed E-state index contributed by atoms with van der Waals surface area (Å²) in [6.45, 7) is 3.65. The molecular formula is C15H17FN2O. The van der Waals surface area contributed by atoms with Gasteiger partial charge in [-0.3, -0.25) is 0 Å². The Morgan fingerprint density at radius 1 is 1.32 bits per heavy atom. The van der Waals surface area contributed by atoms with Crippen LogP contribution in [0.25, 0.3) is 0 Å². The van der Waals surface area contributed by atoms with Crippen LogP contribution in [0.3, 0.4) is 0 Å². The molecule has 1 unspecified atom stereocenters. The summed E-state index contributed by atoms with van der Waals surface area (Å²) in [5.74, 6) is 0.818. The number of aromatic nitrogens is 1. The van der Waals surface area contributed by atoms with Gasteiger partial charge in [-0.25, -0.2) is 9.37 Å². The first kappa shape index (κ1) is 13.5. The van der Waals surface area contributed by atoms with Crippen molar-refractivity contribution in [2.75, 3.05) is 0 Å². The lowest BCUT2D eigenvalue weighted by Gasteiger charge is -2.08. The van der Waals surface area contributed by atoms with Gasteiger partial charge < -0.3 is 10.5 Å². The molecule has 1 aromatic heterocycles. The molecule has 0 radical (unpaired) electrons. The van der Waals surface area contributed by atoms with Crippen molar-refractivity contribution in [3.05, 3.63) is 53.5 Å². The fourth-order valence-electron chi connectivity index (χ4n) is 1.77. The van der Waals surface area contributed by atoms with Crippen LogP contribution >= 0.6 is 0 Å². The molecule has 2 aromatic rings.